The Bertz CT molecular complexity index is 2030. The van der Waals surface area contributed by atoms with Crippen molar-refractivity contribution in [2.75, 3.05) is 0 Å². The normalized spacial score (nSPS) is 11.3. The van der Waals surface area contributed by atoms with Crippen LogP contribution in [0.3, 0.4) is 0 Å². The molecule has 0 radical (unpaired) electrons. The highest BCUT2D eigenvalue weighted by atomic mass is 31.1. The van der Waals surface area contributed by atoms with Crippen molar-refractivity contribution in [3.63, 3.8) is 0 Å². The third-order valence-corrected chi connectivity index (χ3v) is 15.1. The maximum absolute atomic E-state index is 2.50. The molecule has 0 spiro atoms. The van der Waals surface area contributed by atoms with Gasteiger partial charge in [0.15, 0.2) is 0 Å². The molecule has 0 amide bonds. The van der Waals surface area contributed by atoms with Gasteiger partial charge in [0.2, 0.25) is 6.71 Å². The van der Waals surface area contributed by atoms with Crippen LogP contribution in [-0.2, 0) is 0 Å². The summed E-state index contributed by atoms with van der Waals surface area (Å²) in [7, 11) is -1.40. The zero-order valence-corrected chi connectivity index (χ0v) is 33.3. The SMILES string of the molecule is Cc1cc(C)c(B(c2c(C)cc(P(c3ccccc3)c3ccccc3)cc2C)c2c(C)cc(P(c3ccccc3)c3ccccc3)cc2C)c(C)c1. The van der Waals surface area contributed by atoms with Gasteiger partial charge in [-0.1, -0.05) is 213 Å². The van der Waals surface area contributed by atoms with Crippen molar-refractivity contribution in [3.8, 4) is 0 Å². The second-order valence-corrected chi connectivity index (χ2v) is 18.7. The zero-order valence-electron chi connectivity index (χ0n) is 31.5. The monoisotopic (exact) mass is 708 g/mol. The van der Waals surface area contributed by atoms with Gasteiger partial charge in [-0.3, -0.25) is 0 Å². The summed E-state index contributed by atoms with van der Waals surface area (Å²) in [5.41, 5.74) is 13.8. The smallest absolute Gasteiger partial charge is 0.0629 e. The third kappa shape index (κ3) is 7.23. The summed E-state index contributed by atoms with van der Waals surface area (Å²) in [5, 5.41) is 8.34. The van der Waals surface area contributed by atoms with Gasteiger partial charge in [-0.05, 0) is 96.1 Å². The predicted molar refractivity (Wildman–Crippen MR) is 235 cm³/mol. The molecule has 0 heterocycles. The molecule has 0 aliphatic rings. The number of aryl methyl sites for hydroxylation is 7. The second-order valence-electron chi connectivity index (χ2n) is 14.2. The summed E-state index contributed by atoms with van der Waals surface area (Å²) in [5.74, 6) is 0. The highest BCUT2D eigenvalue weighted by Crippen LogP contribution is 2.35. The number of hydrogen-bond acceptors (Lipinski definition) is 0. The second kappa shape index (κ2) is 15.6. The first-order valence-corrected chi connectivity index (χ1v) is 21.0. The lowest BCUT2D eigenvalue weighted by molar-refractivity contribution is 1.35. The van der Waals surface area contributed by atoms with Crippen LogP contribution in [0.15, 0.2) is 158 Å². The fourth-order valence-electron chi connectivity index (χ4n) is 8.35. The molecule has 0 nitrogen and oxygen atoms in total. The Morgan fingerprint density at radius 3 is 0.769 bits per heavy atom. The molecule has 0 N–H and O–H groups in total. The van der Waals surface area contributed by atoms with E-state index in [2.05, 4.69) is 206 Å². The molecule has 0 unspecified atom stereocenters. The molecular weight excluding hydrogens is 661 g/mol. The molecule has 0 saturated heterocycles. The minimum atomic E-state index is -0.702. The van der Waals surface area contributed by atoms with Gasteiger partial charge in [0.1, 0.15) is 0 Å². The lowest BCUT2D eigenvalue weighted by Crippen LogP contribution is -2.58. The van der Waals surface area contributed by atoms with Crippen molar-refractivity contribution in [2.24, 2.45) is 0 Å². The summed E-state index contributed by atoms with van der Waals surface area (Å²) in [6.45, 7) is 16.4. The summed E-state index contributed by atoms with van der Waals surface area (Å²) >= 11 is 0. The average molecular weight is 709 g/mol. The van der Waals surface area contributed by atoms with Crippen LogP contribution >= 0.6 is 15.8 Å². The molecule has 7 aromatic carbocycles. The van der Waals surface area contributed by atoms with Crippen LogP contribution in [0.5, 0.6) is 0 Å². The Morgan fingerprint density at radius 2 is 0.519 bits per heavy atom. The molecule has 0 aromatic heterocycles. The number of benzene rings is 7. The first kappa shape index (κ1) is 35.8. The lowest BCUT2D eigenvalue weighted by atomic mass is 9.33. The van der Waals surface area contributed by atoms with E-state index in [-0.39, 0.29) is 6.71 Å². The Morgan fingerprint density at radius 1 is 0.288 bits per heavy atom. The van der Waals surface area contributed by atoms with E-state index >= 15 is 0 Å². The van der Waals surface area contributed by atoms with Crippen LogP contribution in [0.2, 0.25) is 0 Å². The van der Waals surface area contributed by atoms with Gasteiger partial charge in [-0.15, -0.1) is 0 Å². The Kier molecular flexibility index (Phi) is 10.8. The van der Waals surface area contributed by atoms with Crippen LogP contribution in [0.4, 0.5) is 0 Å². The van der Waals surface area contributed by atoms with E-state index in [9.17, 15) is 0 Å². The van der Waals surface area contributed by atoms with Crippen LogP contribution in [0.1, 0.15) is 38.9 Å². The molecule has 7 rings (SSSR count). The van der Waals surface area contributed by atoms with E-state index in [1.807, 2.05) is 0 Å². The Balaban J connectivity index is 1.43. The highest BCUT2D eigenvalue weighted by Gasteiger charge is 2.32. The van der Waals surface area contributed by atoms with Crippen molar-refractivity contribution < 1.29 is 0 Å². The number of rotatable bonds is 9. The first-order valence-electron chi connectivity index (χ1n) is 18.3. The molecule has 0 bridgehead atoms. The van der Waals surface area contributed by atoms with E-state index in [0.29, 0.717) is 0 Å². The maximum atomic E-state index is 2.50. The van der Waals surface area contributed by atoms with Gasteiger partial charge in [-0.25, -0.2) is 0 Å². The van der Waals surface area contributed by atoms with Gasteiger partial charge in [0.05, 0.1) is 0 Å². The first-order chi connectivity index (χ1) is 25.2. The van der Waals surface area contributed by atoms with Crippen molar-refractivity contribution in [1.29, 1.82) is 0 Å². The van der Waals surface area contributed by atoms with Crippen LogP contribution in [0.25, 0.3) is 0 Å². The van der Waals surface area contributed by atoms with Crippen LogP contribution < -0.4 is 48.2 Å². The largest absolute Gasteiger partial charge is 0.243 e. The summed E-state index contributed by atoms with van der Waals surface area (Å²) in [4.78, 5) is 0. The zero-order chi connectivity index (χ0) is 36.4. The minimum absolute atomic E-state index is 0.114. The van der Waals surface area contributed by atoms with Gasteiger partial charge in [-0.2, -0.15) is 0 Å². The fourth-order valence-corrected chi connectivity index (χ4v) is 13.3. The Labute approximate surface area is 314 Å². The van der Waals surface area contributed by atoms with Crippen LogP contribution in [0, 0.1) is 48.5 Å². The molecule has 52 heavy (non-hydrogen) atoms. The van der Waals surface area contributed by atoms with E-state index in [0.717, 1.165) is 0 Å². The van der Waals surface area contributed by atoms with E-state index in [1.54, 1.807) is 0 Å². The summed E-state index contributed by atoms with van der Waals surface area (Å²) < 4.78 is 0. The average Bonchev–Trinajstić information content (AvgIpc) is 3.13. The molecule has 0 atom stereocenters. The quantitative estimate of drug-likeness (QED) is 0.106. The number of hydrogen-bond donors (Lipinski definition) is 0. The molecule has 0 aliphatic heterocycles. The lowest BCUT2D eigenvalue weighted by Gasteiger charge is -2.29. The fraction of sp³-hybridized carbons (Fsp3) is 0.143. The topological polar surface area (TPSA) is 0 Å². The molecule has 0 saturated carbocycles. The van der Waals surface area contributed by atoms with E-state index in [4.69, 9.17) is 0 Å². The molecular formula is C49H47BP2. The summed E-state index contributed by atoms with van der Waals surface area (Å²) in [6, 6.07) is 59.1. The van der Waals surface area contributed by atoms with Gasteiger partial charge in [0.25, 0.3) is 0 Å². The highest BCUT2D eigenvalue weighted by molar-refractivity contribution is 7.80. The third-order valence-electron chi connectivity index (χ3n) is 10.3. The Hall–Kier alpha value is -4.54. The molecule has 0 aliphatic carbocycles. The van der Waals surface area contributed by atoms with Gasteiger partial charge < -0.3 is 0 Å². The van der Waals surface area contributed by atoms with Gasteiger partial charge in [0, 0.05) is 0 Å². The molecule has 7 aromatic rings. The van der Waals surface area contributed by atoms with Crippen molar-refractivity contribution in [2.45, 2.75) is 48.5 Å². The van der Waals surface area contributed by atoms with Crippen molar-refractivity contribution in [1.82, 2.24) is 0 Å². The van der Waals surface area contributed by atoms with E-state index < -0.39 is 15.8 Å². The van der Waals surface area contributed by atoms with Crippen molar-refractivity contribution in [3.05, 3.63) is 197 Å². The predicted octanol–water partition coefficient (Wildman–Crippen LogP) is 7.88. The van der Waals surface area contributed by atoms with Gasteiger partial charge >= 0.3 is 0 Å². The van der Waals surface area contributed by atoms with E-state index in [1.165, 1.54) is 87.2 Å². The molecule has 0 fully saturated rings. The molecule has 256 valence electrons. The van der Waals surface area contributed by atoms with Crippen molar-refractivity contribution >= 4 is 70.8 Å². The standard InChI is InChI=1S/C49H47BP2/c1-34-28-35(2)47(36(3)29-34)50(48-37(4)30-45(31-38(48)5)51(41-20-12-8-13-21-41)42-22-14-9-15-23-42)49-39(6)32-46(33-40(49)7)52(43-24-16-10-17-25-43)44-26-18-11-19-27-44/h8-33H,1-7H3. The molecule has 3 heteroatoms. The summed E-state index contributed by atoms with van der Waals surface area (Å²) in [6.07, 6.45) is 0. The minimum Gasteiger partial charge on any atom is -0.0629 e. The van der Waals surface area contributed by atoms with Crippen LogP contribution in [-0.4, -0.2) is 6.71 Å². The maximum Gasteiger partial charge on any atom is 0.243 e.